The molecule has 0 aromatic carbocycles. The summed E-state index contributed by atoms with van der Waals surface area (Å²) in [4.78, 5) is 14.1. The van der Waals surface area contributed by atoms with E-state index >= 15 is 0 Å². The molecule has 5 nitrogen and oxygen atoms in total. The van der Waals surface area contributed by atoms with Crippen molar-refractivity contribution in [2.45, 2.75) is 44.6 Å². The summed E-state index contributed by atoms with van der Waals surface area (Å²) < 4.78 is 5.88. The lowest BCUT2D eigenvalue weighted by Gasteiger charge is -2.18. The predicted molar refractivity (Wildman–Crippen MR) is 104 cm³/mol. The number of thiazole rings is 1. The van der Waals surface area contributed by atoms with Crippen LogP contribution in [-0.2, 0) is 6.61 Å². The molecule has 0 amide bonds. The molecule has 4 rings (SSSR count). The molecule has 0 bridgehead atoms. The van der Waals surface area contributed by atoms with E-state index in [9.17, 15) is 0 Å². The number of hydrogen-bond acceptors (Lipinski definition) is 6. The zero-order valence-corrected chi connectivity index (χ0v) is 15.4. The van der Waals surface area contributed by atoms with Crippen molar-refractivity contribution in [2.75, 3.05) is 5.73 Å². The smallest absolute Gasteiger partial charge is 0.166 e. The highest BCUT2D eigenvalue weighted by atomic mass is 32.1. The second kappa shape index (κ2) is 7.83. The van der Waals surface area contributed by atoms with E-state index in [0.717, 1.165) is 16.0 Å². The van der Waals surface area contributed by atoms with Crippen molar-refractivity contribution in [3.8, 4) is 16.2 Å². The number of pyridine rings is 2. The van der Waals surface area contributed by atoms with Gasteiger partial charge in [0.15, 0.2) is 11.6 Å². The highest BCUT2D eigenvalue weighted by molar-refractivity contribution is 7.15. The number of rotatable bonds is 5. The maximum atomic E-state index is 5.99. The molecule has 0 atom stereocenters. The molecule has 26 heavy (non-hydrogen) atoms. The van der Waals surface area contributed by atoms with Gasteiger partial charge in [-0.3, -0.25) is 4.98 Å². The minimum atomic E-state index is 0.403. The topological polar surface area (TPSA) is 73.9 Å². The number of aromatic nitrogens is 3. The fourth-order valence-corrected chi connectivity index (χ4v) is 4.37. The van der Waals surface area contributed by atoms with Crippen molar-refractivity contribution in [1.82, 2.24) is 15.0 Å². The first-order valence-electron chi connectivity index (χ1n) is 9.03. The SMILES string of the molecule is Nc1ncc(-c2cnc(C3CCCCC3)s2)cc1OCc1ccncc1. The molecule has 3 aromatic rings. The van der Waals surface area contributed by atoms with Crippen LogP contribution in [-0.4, -0.2) is 15.0 Å². The third-order valence-electron chi connectivity index (χ3n) is 4.79. The first-order chi connectivity index (χ1) is 12.8. The van der Waals surface area contributed by atoms with Crippen LogP contribution in [0.1, 0.15) is 48.6 Å². The third-order valence-corrected chi connectivity index (χ3v) is 6.00. The second-order valence-electron chi connectivity index (χ2n) is 6.65. The first kappa shape index (κ1) is 17.0. The van der Waals surface area contributed by atoms with Crippen LogP contribution in [0.3, 0.4) is 0 Å². The van der Waals surface area contributed by atoms with Gasteiger partial charge in [0.05, 0.1) is 9.88 Å². The Kier molecular flexibility index (Phi) is 5.11. The summed E-state index contributed by atoms with van der Waals surface area (Å²) in [6.45, 7) is 0.438. The zero-order chi connectivity index (χ0) is 17.8. The maximum Gasteiger partial charge on any atom is 0.166 e. The van der Waals surface area contributed by atoms with Crippen LogP contribution >= 0.6 is 11.3 Å². The quantitative estimate of drug-likeness (QED) is 0.701. The lowest BCUT2D eigenvalue weighted by atomic mass is 9.90. The average Bonchev–Trinajstić information content (AvgIpc) is 3.19. The molecule has 0 saturated heterocycles. The van der Waals surface area contributed by atoms with Crippen LogP contribution in [0, 0.1) is 0 Å². The minimum absolute atomic E-state index is 0.403. The van der Waals surface area contributed by atoms with E-state index in [4.69, 9.17) is 10.5 Å². The molecule has 6 heteroatoms. The van der Waals surface area contributed by atoms with Crippen molar-refractivity contribution < 1.29 is 4.74 Å². The molecule has 2 N–H and O–H groups in total. The number of nitrogens with two attached hydrogens (primary N) is 1. The van der Waals surface area contributed by atoms with Gasteiger partial charge in [0.2, 0.25) is 0 Å². The van der Waals surface area contributed by atoms with Crippen molar-refractivity contribution >= 4 is 17.2 Å². The van der Waals surface area contributed by atoms with Crippen LogP contribution < -0.4 is 10.5 Å². The Morgan fingerprint density at radius 1 is 1.08 bits per heavy atom. The van der Waals surface area contributed by atoms with Crippen molar-refractivity contribution in [3.63, 3.8) is 0 Å². The first-order valence-corrected chi connectivity index (χ1v) is 9.84. The summed E-state index contributed by atoms with van der Waals surface area (Å²) in [6.07, 6.45) is 13.8. The Hall–Kier alpha value is -2.47. The van der Waals surface area contributed by atoms with Crippen LogP contribution in [0.5, 0.6) is 5.75 Å². The second-order valence-corrected chi connectivity index (χ2v) is 7.71. The number of anilines is 1. The highest BCUT2D eigenvalue weighted by Gasteiger charge is 2.19. The molecule has 1 aliphatic carbocycles. The Morgan fingerprint density at radius 3 is 2.69 bits per heavy atom. The van der Waals surface area contributed by atoms with Gasteiger partial charge in [-0.1, -0.05) is 19.3 Å². The Bertz CT molecular complexity index is 859. The standard InChI is InChI=1S/C20H22N4OS/c21-19-17(25-13-14-6-8-22-9-7-14)10-16(11-23-19)18-12-24-20(26-18)15-4-2-1-3-5-15/h6-12,15H,1-5,13H2,(H2,21,23). The van der Waals surface area contributed by atoms with E-state index in [-0.39, 0.29) is 0 Å². The molecule has 1 saturated carbocycles. The molecule has 0 aliphatic heterocycles. The summed E-state index contributed by atoms with van der Waals surface area (Å²) in [5, 5.41) is 1.25. The zero-order valence-electron chi connectivity index (χ0n) is 14.6. The predicted octanol–water partition coefficient (Wildman–Crippen LogP) is 4.81. The van der Waals surface area contributed by atoms with E-state index in [1.54, 1.807) is 29.9 Å². The van der Waals surface area contributed by atoms with Gasteiger partial charge < -0.3 is 10.5 Å². The lowest BCUT2D eigenvalue weighted by Crippen LogP contribution is -2.03. The molecular formula is C20H22N4OS. The Balaban J connectivity index is 1.51. The molecule has 3 aromatic heterocycles. The molecule has 134 valence electrons. The van der Waals surface area contributed by atoms with Gasteiger partial charge in [0.1, 0.15) is 6.61 Å². The normalized spacial score (nSPS) is 15.1. The summed E-state index contributed by atoms with van der Waals surface area (Å²) in [5.41, 5.74) is 8.04. The fraction of sp³-hybridized carbons (Fsp3) is 0.350. The number of nitrogen functional groups attached to an aromatic ring is 1. The van der Waals surface area contributed by atoms with Gasteiger partial charge in [-0.25, -0.2) is 9.97 Å². The summed E-state index contributed by atoms with van der Waals surface area (Å²) >= 11 is 1.77. The van der Waals surface area contributed by atoms with E-state index in [1.165, 1.54) is 37.1 Å². The maximum absolute atomic E-state index is 5.99. The Morgan fingerprint density at radius 2 is 1.88 bits per heavy atom. The van der Waals surface area contributed by atoms with Gasteiger partial charge in [0, 0.05) is 36.3 Å². The van der Waals surface area contributed by atoms with Gasteiger partial charge in [-0.15, -0.1) is 11.3 Å². The van der Waals surface area contributed by atoms with Crippen LogP contribution in [0.25, 0.3) is 10.4 Å². The molecule has 0 unspecified atom stereocenters. The van der Waals surface area contributed by atoms with Crippen LogP contribution in [0.4, 0.5) is 5.82 Å². The largest absolute Gasteiger partial charge is 0.485 e. The van der Waals surface area contributed by atoms with Gasteiger partial charge in [-0.2, -0.15) is 0 Å². The third kappa shape index (κ3) is 3.85. The van der Waals surface area contributed by atoms with E-state index in [0.29, 0.717) is 24.1 Å². The molecular weight excluding hydrogens is 344 g/mol. The monoisotopic (exact) mass is 366 g/mol. The van der Waals surface area contributed by atoms with Crippen molar-refractivity contribution in [2.24, 2.45) is 0 Å². The number of hydrogen-bond donors (Lipinski definition) is 1. The summed E-state index contributed by atoms with van der Waals surface area (Å²) in [5.74, 6) is 1.62. The summed E-state index contributed by atoms with van der Waals surface area (Å²) in [6, 6.07) is 5.81. The molecule has 0 radical (unpaired) electrons. The molecule has 1 fully saturated rings. The molecule has 3 heterocycles. The van der Waals surface area contributed by atoms with E-state index < -0.39 is 0 Å². The van der Waals surface area contributed by atoms with Crippen molar-refractivity contribution in [1.29, 1.82) is 0 Å². The lowest BCUT2D eigenvalue weighted by molar-refractivity contribution is 0.307. The van der Waals surface area contributed by atoms with E-state index in [2.05, 4.69) is 15.0 Å². The molecule has 1 aliphatic rings. The highest BCUT2D eigenvalue weighted by Crippen LogP contribution is 2.38. The van der Waals surface area contributed by atoms with E-state index in [1.807, 2.05) is 24.4 Å². The Labute approximate surface area is 157 Å². The number of nitrogens with zero attached hydrogens (tertiary/aromatic N) is 3. The minimum Gasteiger partial charge on any atom is -0.485 e. The average molecular weight is 366 g/mol. The van der Waals surface area contributed by atoms with Crippen molar-refractivity contribution in [3.05, 3.63) is 53.6 Å². The van der Waals surface area contributed by atoms with Crippen LogP contribution in [0.2, 0.25) is 0 Å². The van der Waals surface area contributed by atoms with Crippen LogP contribution in [0.15, 0.2) is 43.0 Å². The summed E-state index contributed by atoms with van der Waals surface area (Å²) in [7, 11) is 0. The van der Waals surface area contributed by atoms with Gasteiger partial charge in [-0.05, 0) is 36.6 Å². The fourth-order valence-electron chi connectivity index (χ4n) is 3.30. The van der Waals surface area contributed by atoms with Gasteiger partial charge >= 0.3 is 0 Å². The molecule has 0 spiro atoms. The number of ether oxygens (including phenoxy) is 1. The van der Waals surface area contributed by atoms with Gasteiger partial charge in [0.25, 0.3) is 0 Å².